The third-order valence-corrected chi connectivity index (χ3v) is 3.88. The molecule has 1 aliphatic rings. The molecule has 15 heavy (non-hydrogen) atoms. The molecule has 2 nitrogen and oxygen atoms in total. The molecule has 2 heteroatoms. The number of carbonyl (C=O) groups excluding carboxylic acids is 1. The molecule has 1 fully saturated rings. The van der Waals surface area contributed by atoms with Gasteiger partial charge in [-0.25, -0.2) is 0 Å². The number of esters is 1. The van der Waals surface area contributed by atoms with E-state index in [1.807, 2.05) is 6.92 Å². The fourth-order valence-electron chi connectivity index (χ4n) is 2.02. The topological polar surface area (TPSA) is 26.3 Å². The predicted molar refractivity (Wildman–Crippen MR) is 61.7 cm³/mol. The first-order chi connectivity index (χ1) is 7.12. The lowest BCUT2D eigenvalue weighted by Gasteiger charge is -2.29. The Labute approximate surface area is 93.4 Å². The molecule has 1 aliphatic carbocycles. The van der Waals surface area contributed by atoms with Gasteiger partial charge in [-0.15, -0.1) is 0 Å². The van der Waals surface area contributed by atoms with Crippen LogP contribution in [0.15, 0.2) is 0 Å². The van der Waals surface area contributed by atoms with E-state index in [1.54, 1.807) is 0 Å². The molecule has 0 aromatic carbocycles. The second kappa shape index (κ2) is 5.53. The zero-order valence-electron chi connectivity index (χ0n) is 10.3. The van der Waals surface area contributed by atoms with Crippen molar-refractivity contribution in [1.82, 2.24) is 0 Å². The van der Waals surface area contributed by atoms with Crippen molar-refractivity contribution in [3.63, 3.8) is 0 Å². The van der Waals surface area contributed by atoms with E-state index >= 15 is 0 Å². The molecule has 0 heterocycles. The molecule has 1 saturated carbocycles. The molecule has 0 aromatic heterocycles. The van der Waals surface area contributed by atoms with Gasteiger partial charge in [-0.3, -0.25) is 4.79 Å². The molecule has 0 N–H and O–H groups in total. The second-order valence-electron chi connectivity index (χ2n) is 4.93. The van der Waals surface area contributed by atoms with Crippen LogP contribution in [0.1, 0.15) is 65.7 Å². The summed E-state index contributed by atoms with van der Waals surface area (Å²) in [6.07, 6.45) is 7.80. The van der Waals surface area contributed by atoms with Crippen molar-refractivity contribution in [2.45, 2.75) is 71.8 Å². The van der Waals surface area contributed by atoms with Gasteiger partial charge in [0, 0.05) is 0 Å². The highest BCUT2D eigenvalue weighted by atomic mass is 16.5. The number of ether oxygens (including phenoxy) is 1. The van der Waals surface area contributed by atoms with Crippen LogP contribution in [0.4, 0.5) is 0 Å². The summed E-state index contributed by atoms with van der Waals surface area (Å²) in [6, 6.07) is 0. The van der Waals surface area contributed by atoms with Crippen molar-refractivity contribution in [2.24, 2.45) is 5.41 Å². The van der Waals surface area contributed by atoms with E-state index in [2.05, 4.69) is 13.8 Å². The van der Waals surface area contributed by atoms with E-state index in [4.69, 9.17) is 4.74 Å². The monoisotopic (exact) mass is 212 g/mol. The first-order valence-corrected chi connectivity index (χ1v) is 6.33. The summed E-state index contributed by atoms with van der Waals surface area (Å²) in [7, 11) is 0. The summed E-state index contributed by atoms with van der Waals surface area (Å²) in [6.45, 7) is 6.13. The minimum absolute atomic E-state index is 0.0133. The molecule has 0 amide bonds. The summed E-state index contributed by atoms with van der Waals surface area (Å²) >= 11 is 0. The van der Waals surface area contributed by atoms with E-state index in [0.29, 0.717) is 0 Å². The van der Waals surface area contributed by atoms with Gasteiger partial charge in [0.05, 0.1) is 5.41 Å². The average molecular weight is 212 g/mol. The van der Waals surface area contributed by atoms with Crippen LogP contribution in [0.5, 0.6) is 0 Å². The van der Waals surface area contributed by atoms with Gasteiger partial charge in [0.25, 0.3) is 0 Å². The van der Waals surface area contributed by atoms with Gasteiger partial charge in [0.15, 0.2) is 0 Å². The van der Waals surface area contributed by atoms with E-state index < -0.39 is 0 Å². The van der Waals surface area contributed by atoms with Crippen LogP contribution in [0.25, 0.3) is 0 Å². The summed E-state index contributed by atoms with van der Waals surface area (Å²) in [5.74, 6) is 0.0133. The molecule has 88 valence electrons. The Morgan fingerprint density at radius 1 is 1.20 bits per heavy atom. The van der Waals surface area contributed by atoms with Crippen molar-refractivity contribution in [1.29, 1.82) is 0 Å². The quantitative estimate of drug-likeness (QED) is 0.664. The van der Waals surface area contributed by atoms with Crippen molar-refractivity contribution in [3.8, 4) is 0 Å². The molecule has 0 radical (unpaired) electrons. The molecule has 0 atom stereocenters. The van der Waals surface area contributed by atoms with Gasteiger partial charge < -0.3 is 4.74 Å². The van der Waals surface area contributed by atoms with E-state index in [1.165, 1.54) is 19.3 Å². The SMILES string of the molecule is CCC(C)(CC)C(=O)OC1CCCCC1. The first-order valence-electron chi connectivity index (χ1n) is 6.33. The Balaban J connectivity index is 2.45. The summed E-state index contributed by atoms with van der Waals surface area (Å²) in [5, 5.41) is 0. The standard InChI is InChI=1S/C13H24O2/c1-4-13(3,5-2)12(14)15-11-9-7-6-8-10-11/h11H,4-10H2,1-3H3. The fourth-order valence-corrected chi connectivity index (χ4v) is 2.02. The normalized spacial score (nSPS) is 18.9. The molecule has 1 rings (SSSR count). The van der Waals surface area contributed by atoms with Gasteiger partial charge in [0.1, 0.15) is 6.10 Å². The highest BCUT2D eigenvalue weighted by Crippen LogP contribution is 2.29. The minimum Gasteiger partial charge on any atom is -0.462 e. The molecular formula is C13H24O2. The third-order valence-electron chi connectivity index (χ3n) is 3.88. The van der Waals surface area contributed by atoms with Crippen LogP contribution < -0.4 is 0 Å². The third kappa shape index (κ3) is 3.22. The average Bonchev–Trinajstić information content (AvgIpc) is 2.29. The predicted octanol–water partition coefficient (Wildman–Crippen LogP) is 3.69. The van der Waals surface area contributed by atoms with Gasteiger partial charge >= 0.3 is 5.97 Å². The van der Waals surface area contributed by atoms with Crippen LogP contribution in [0, 0.1) is 5.41 Å². The summed E-state index contributed by atoms with van der Waals surface area (Å²) in [4.78, 5) is 12.0. The lowest BCUT2D eigenvalue weighted by molar-refractivity contribution is -0.162. The van der Waals surface area contributed by atoms with Gasteiger partial charge in [-0.05, 0) is 45.4 Å². The van der Waals surface area contributed by atoms with Crippen LogP contribution in [0.3, 0.4) is 0 Å². The first kappa shape index (κ1) is 12.5. The lowest BCUT2D eigenvalue weighted by atomic mass is 9.85. The maximum Gasteiger partial charge on any atom is 0.312 e. The molecular weight excluding hydrogens is 188 g/mol. The zero-order valence-corrected chi connectivity index (χ0v) is 10.3. The second-order valence-corrected chi connectivity index (χ2v) is 4.93. The van der Waals surface area contributed by atoms with Gasteiger partial charge in [-0.1, -0.05) is 20.3 Å². The number of hydrogen-bond donors (Lipinski definition) is 0. The van der Waals surface area contributed by atoms with E-state index in [-0.39, 0.29) is 17.5 Å². The smallest absolute Gasteiger partial charge is 0.312 e. The van der Waals surface area contributed by atoms with E-state index in [0.717, 1.165) is 25.7 Å². The minimum atomic E-state index is -0.266. The molecule has 0 aliphatic heterocycles. The molecule has 0 aromatic rings. The largest absolute Gasteiger partial charge is 0.462 e. The van der Waals surface area contributed by atoms with Crippen LogP contribution in [0.2, 0.25) is 0 Å². The highest BCUT2D eigenvalue weighted by molar-refractivity contribution is 5.76. The van der Waals surface area contributed by atoms with E-state index in [9.17, 15) is 4.79 Å². The van der Waals surface area contributed by atoms with Crippen LogP contribution in [-0.2, 0) is 9.53 Å². The van der Waals surface area contributed by atoms with Gasteiger partial charge in [0.2, 0.25) is 0 Å². The molecule has 0 saturated heterocycles. The number of rotatable bonds is 4. The van der Waals surface area contributed by atoms with Crippen molar-refractivity contribution in [2.75, 3.05) is 0 Å². The maximum absolute atomic E-state index is 12.0. The Kier molecular flexibility index (Phi) is 4.62. The van der Waals surface area contributed by atoms with Crippen molar-refractivity contribution < 1.29 is 9.53 Å². The Morgan fingerprint density at radius 3 is 2.20 bits per heavy atom. The number of hydrogen-bond acceptors (Lipinski definition) is 2. The Bertz CT molecular complexity index is 201. The Hall–Kier alpha value is -0.530. The summed E-state index contributed by atoms with van der Waals surface area (Å²) in [5.41, 5.74) is -0.266. The van der Waals surface area contributed by atoms with Crippen molar-refractivity contribution in [3.05, 3.63) is 0 Å². The number of carbonyl (C=O) groups is 1. The lowest BCUT2D eigenvalue weighted by Crippen LogP contribution is -2.32. The van der Waals surface area contributed by atoms with Crippen molar-refractivity contribution >= 4 is 5.97 Å². The fraction of sp³-hybridized carbons (Fsp3) is 0.923. The molecule has 0 bridgehead atoms. The van der Waals surface area contributed by atoms with Crippen LogP contribution in [-0.4, -0.2) is 12.1 Å². The molecule has 0 unspecified atom stereocenters. The maximum atomic E-state index is 12.0. The zero-order chi connectivity index (χ0) is 11.3. The van der Waals surface area contributed by atoms with Crippen LogP contribution >= 0.6 is 0 Å². The molecule has 0 spiro atoms. The Morgan fingerprint density at radius 2 is 1.73 bits per heavy atom. The highest BCUT2D eigenvalue weighted by Gasteiger charge is 2.32. The van der Waals surface area contributed by atoms with Gasteiger partial charge in [-0.2, -0.15) is 0 Å². The summed E-state index contributed by atoms with van der Waals surface area (Å²) < 4.78 is 5.60.